The Hall–Kier alpha value is 4.00. The number of rotatable bonds is 0. The molecular formula is O6Sr2TiZr. The molecule has 0 aromatic rings. The average molecular weight is 410 g/mol. The van der Waals surface area contributed by atoms with Gasteiger partial charge in [0.1, 0.15) is 0 Å². The summed E-state index contributed by atoms with van der Waals surface area (Å²) in [5.41, 5.74) is 0. The van der Waals surface area contributed by atoms with Crippen molar-refractivity contribution in [3.05, 3.63) is 0 Å². The molecule has 6 nitrogen and oxygen atoms in total. The maximum absolute atomic E-state index is 8.61. The Bertz CT molecular complexity index is 73.7. The fourth-order valence-electron chi connectivity index (χ4n) is 0. The molecule has 0 aromatic carbocycles. The molecule has 0 saturated heterocycles. The van der Waals surface area contributed by atoms with Crippen molar-refractivity contribution in [3.63, 3.8) is 0 Å². The molecule has 0 radical (unpaired) electrons. The van der Waals surface area contributed by atoms with Gasteiger partial charge >= 0.3 is 152 Å². The molecule has 0 fully saturated rings. The third kappa shape index (κ3) is 90.8. The summed E-state index contributed by atoms with van der Waals surface area (Å²) in [6.45, 7) is 0. The van der Waals surface area contributed by atoms with Gasteiger partial charge in [0.05, 0.1) is 0 Å². The van der Waals surface area contributed by atoms with Gasteiger partial charge in [-0.05, 0) is 0 Å². The van der Waals surface area contributed by atoms with E-state index >= 15 is 0 Å². The first kappa shape index (κ1) is 23.7. The molecule has 0 N–H and O–H groups in total. The van der Waals surface area contributed by atoms with Crippen LogP contribution < -0.4 is 13.7 Å². The molecule has 48 valence electrons. The summed E-state index contributed by atoms with van der Waals surface area (Å²) >= 11 is -8.38. The van der Waals surface area contributed by atoms with Crippen LogP contribution in [0.3, 0.4) is 0 Å². The van der Waals surface area contributed by atoms with Crippen molar-refractivity contribution in [1.29, 1.82) is 0 Å². The van der Waals surface area contributed by atoms with Crippen LogP contribution in [0.15, 0.2) is 0 Å². The van der Waals surface area contributed by atoms with Crippen molar-refractivity contribution >= 4 is 91.0 Å². The number of hydrogen-bond acceptors (Lipinski definition) is 6. The zero-order chi connectivity index (χ0) is 7.15. The van der Waals surface area contributed by atoms with E-state index in [9.17, 15) is 0 Å². The zero-order valence-electron chi connectivity index (χ0n) is 4.86. The van der Waals surface area contributed by atoms with Crippen LogP contribution in [0.25, 0.3) is 0 Å². The Morgan fingerprint density at radius 2 is 1.10 bits per heavy atom. The molecule has 0 aromatic heterocycles. The van der Waals surface area contributed by atoms with E-state index in [1.165, 1.54) is 0 Å². The van der Waals surface area contributed by atoms with Crippen LogP contribution in [0.2, 0.25) is 0 Å². The van der Waals surface area contributed by atoms with Gasteiger partial charge in [0, 0.05) is 0 Å². The smallest absolute Gasteiger partial charge is 2.00 e. The van der Waals surface area contributed by atoms with Crippen LogP contribution in [0.5, 0.6) is 0 Å². The van der Waals surface area contributed by atoms with E-state index in [-0.39, 0.29) is 91.0 Å². The van der Waals surface area contributed by atoms with Crippen LogP contribution in [-0.2, 0) is 47.4 Å². The average Bonchev–Trinajstić information content (AvgIpc) is 1.25. The summed E-state index contributed by atoms with van der Waals surface area (Å²) in [6.07, 6.45) is 0. The van der Waals surface area contributed by atoms with Crippen molar-refractivity contribution in [1.82, 2.24) is 0 Å². The Kier molecular flexibility index (Phi) is 44.3. The first-order valence-electron chi connectivity index (χ1n) is 1.22. The molecule has 10 heteroatoms. The molecule has 0 aliphatic heterocycles. The van der Waals surface area contributed by atoms with Crippen LogP contribution in [0, 0.1) is 0 Å². The standard InChI is InChI=1S/6O.2Sr.Ti.Zr/q;;4*-1;2*+2;;. The summed E-state index contributed by atoms with van der Waals surface area (Å²) in [7, 11) is 0. The third-order valence-electron chi connectivity index (χ3n) is 0. The predicted molar refractivity (Wildman–Crippen MR) is 12.9 cm³/mol. The largest absolute Gasteiger partial charge is 2.00 e. The van der Waals surface area contributed by atoms with E-state index in [4.69, 9.17) is 19.9 Å². The van der Waals surface area contributed by atoms with Crippen LogP contribution in [-0.4, -0.2) is 91.0 Å². The summed E-state index contributed by atoms with van der Waals surface area (Å²) in [5, 5.41) is 0. The van der Waals surface area contributed by atoms with Crippen molar-refractivity contribution in [3.8, 4) is 0 Å². The van der Waals surface area contributed by atoms with Gasteiger partial charge in [0.2, 0.25) is 0 Å². The molecule has 0 atom stereocenters. The van der Waals surface area contributed by atoms with E-state index in [1.807, 2.05) is 0 Å². The quantitative estimate of drug-likeness (QED) is 0.366. The van der Waals surface area contributed by atoms with Crippen molar-refractivity contribution in [2.75, 3.05) is 0 Å². The second-order valence-corrected chi connectivity index (χ2v) is 2.51. The van der Waals surface area contributed by atoms with Crippen molar-refractivity contribution < 1.29 is 61.1 Å². The monoisotopic (exact) mass is 410 g/mol. The Labute approximate surface area is 148 Å². The molecular weight excluding hydrogens is 410 g/mol. The van der Waals surface area contributed by atoms with Gasteiger partial charge in [-0.25, -0.2) is 0 Å². The second kappa shape index (κ2) is 18.7. The normalized spacial score (nSPS) is 5.20. The van der Waals surface area contributed by atoms with Gasteiger partial charge < -0.3 is 0 Å². The topological polar surface area (TPSA) is 126 Å². The van der Waals surface area contributed by atoms with E-state index in [1.54, 1.807) is 0 Å². The molecule has 0 aliphatic rings. The van der Waals surface area contributed by atoms with Gasteiger partial charge in [-0.3, -0.25) is 0 Å². The Morgan fingerprint density at radius 3 is 1.10 bits per heavy atom. The van der Waals surface area contributed by atoms with Gasteiger partial charge in [0.25, 0.3) is 0 Å². The first-order valence-corrected chi connectivity index (χ1v) is 6.15. The minimum Gasteiger partial charge on any atom is 2.00 e. The van der Waals surface area contributed by atoms with Gasteiger partial charge in [-0.15, -0.1) is 0 Å². The van der Waals surface area contributed by atoms with Gasteiger partial charge in [0.15, 0.2) is 0 Å². The maximum atomic E-state index is 8.61. The van der Waals surface area contributed by atoms with Crippen LogP contribution in [0.4, 0.5) is 0 Å². The first-order chi connectivity index (χ1) is 3.46. The van der Waals surface area contributed by atoms with Gasteiger partial charge in [-0.2, -0.15) is 0 Å². The van der Waals surface area contributed by atoms with Crippen LogP contribution >= 0.6 is 0 Å². The van der Waals surface area contributed by atoms with Crippen LogP contribution in [0.1, 0.15) is 0 Å². The zero-order valence-corrected chi connectivity index (χ0v) is 15.8. The Balaban J connectivity index is -0.0000000300. The molecule has 0 bridgehead atoms. The number of hydrogen-bond donors (Lipinski definition) is 0. The summed E-state index contributed by atoms with van der Waals surface area (Å²) < 4.78 is 51.6. The molecule has 0 amide bonds. The third-order valence-corrected chi connectivity index (χ3v) is 0. The maximum Gasteiger partial charge on any atom is 2.00 e. The fourth-order valence-corrected chi connectivity index (χ4v) is 0. The fraction of sp³-hybridized carbons (Fsp3) is 0. The summed E-state index contributed by atoms with van der Waals surface area (Å²) in [4.78, 5) is 0. The minimum absolute atomic E-state index is 0. The van der Waals surface area contributed by atoms with E-state index in [2.05, 4.69) is 0 Å². The molecule has 0 saturated carbocycles. The summed E-state index contributed by atoms with van der Waals surface area (Å²) in [5.74, 6) is 0. The predicted octanol–water partition coefficient (Wildman–Crippen LogP) is -5.76. The van der Waals surface area contributed by atoms with Gasteiger partial charge in [-0.1, -0.05) is 0 Å². The van der Waals surface area contributed by atoms with E-state index in [0.29, 0.717) is 0 Å². The van der Waals surface area contributed by atoms with Crippen molar-refractivity contribution in [2.45, 2.75) is 0 Å². The van der Waals surface area contributed by atoms with E-state index < -0.39 is 41.3 Å². The second-order valence-electron chi connectivity index (χ2n) is 0.500. The molecule has 0 rings (SSSR count). The SMILES string of the molecule is [O]=[Ti]([O-])[O-].[O]=[Zr]([O-])[O-].[Sr+2].[Sr+2]. The molecule has 0 aliphatic carbocycles. The van der Waals surface area contributed by atoms with E-state index in [0.717, 1.165) is 0 Å². The molecule has 10 heavy (non-hydrogen) atoms. The molecule has 0 unspecified atom stereocenters. The minimum atomic E-state index is -4.29. The van der Waals surface area contributed by atoms with Crippen molar-refractivity contribution in [2.24, 2.45) is 0 Å². The Morgan fingerprint density at radius 1 is 1.10 bits per heavy atom. The molecule has 0 heterocycles. The summed E-state index contributed by atoms with van der Waals surface area (Å²) in [6, 6.07) is 0. The molecule has 0 spiro atoms.